The lowest BCUT2D eigenvalue weighted by atomic mass is 10.2. The van der Waals surface area contributed by atoms with E-state index in [2.05, 4.69) is 24.1 Å². The minimum absolute atomic E-state index is 0.00403. The molecule has 5 nitrogen and oxygen atoms in total. The molecule has 0 aromatic heterocycles. The van der Waals surface area contributed by atoms with E-state index >= 15 is 0 Å². The van der Waals surface area contributed by atoms with Crippen molar-refractivity contribution in [2.24, 2.45) is 5.73 Å². The predicted molar refractivity (Wildman–Crippen MR) is 86.6 cm³/mol. The van der Waals surface area contributed by atoms with Crippen molar-refractivity contribution in [1.29, 1.82) is 0 Å². The Morgan fingerprint density at radius 3 is 2.48 bits per heavy atom. The van der Waals surface area contributed by atoms with Gasteiger partial charge < -0.3 is 20.7 Å². The Balaban J connectivity index is 2.34. The number of ether oxygens (including phenoxy) is 1. The topological polar surface area (TPSA) is 67.6 Å². The standard InChI is InChI=1S/C16H27N3O2/c1-3-19(4-2)12-13-21-15-9-7-14(8-10-15)18-16(20)6-5-11-17/h7-10H,3-6,11-13,17H2,1-2H3,(H,18,20). The number of hydrogen-bond acceptors (Lipinski definition) is 4. The summed E-state index contributed by atoms with van der Waals surface area (Å²) in [5.74, 6) is 0.817. The first-order valence-electron chi connectivity index (χ1n) is 7.64. The highest BCUT2D eigenvalue weighted by atomic mass is 16.5. The van der Waals surface area contributed by atoms with Crippen molar-refractivity contribution in [2.45, 2.75) is 26.7 Å². The summed E-state index contributed by atoms with van der Waals surface area (Å²) in [5, 5.41) is 2.84. The molecule has 0 aliphatic carbocycles. The van der Waals surface area contributed by atoms with Crippen LogP contribution in [-0.4, -0.2) is 43.6 Å². The first-order chi connectivity index (χ1) is 10.2. The quantitative estimate of drug-likeness (QED) is 0.693. The maximum Gasteiger partial charge on any atom is 0.224 e. The molecule has 118 valence electrons. The van der Waals surface area contributed by atoms with Gasteiger partial charge in [0, 0.05) is 18.7 Å². The number of amides is 1. The van der Waals surface area contributed by atoms with Crippen molar-refractivity contribution in [3.8, 4) is 5.75 Å². The monoisotopic (exact) mass is 293 g/mol. The van der Waals surface area contributed by atoms with Crippen LogP contribution in [0.25, 0.3) is 0 Å². The molecule has 1 aromatic rings. The molecule has 0 atom stereocenters. The van der Waals surface area contributed by atoms with E-state index in [1.807, 2.05) is 24.3 Å². The smallest absolute Gasteiger partial charge is 0.224 e. The van der Waals surface area contributed by atoms with Crippen molar-refractivity contribution in [2.75, 3.05) is 38.1 Å². The number of benzene rings is 1. The Labute approximate surface area is 127 Å². The van der Waals surface area contributed by atoms with Crippen LogP contribution in [0, 0.1) is 0 Å². The van der Waals surface area contributed by atoms with E-state index in [0.717, 1.165) is 31.1 Å². The fourth-order valence-electron chi connectivity index (χ4n) is 1.95. The summed E-state index contributed by atoms with van der Waals surface area (Å²) in [6.07, 6.45) is 1.16. The summed E-state index contributed by atoms with van der Waals surface area (Å²) >= 11 is 0. The summed E-state index contributed by atoms with van der Waals surface area (Å²) in [7, 11) is 0. The number of carbonyl (C=O) groups excluding carboxylic acids is 1. The van der Waals surface area contributed by atoms with Crippen molar-refractivity contribution < 1.29 is 9.53 Å². The number of hydrogen-bond donors (Lipinski definition) is 2. The third-order valence-electron chi connectivity index (χ3n) is 3.32. The Morgan fingerprint density at radius 1 is 1.24 bits per heavy atom. The lowest BCUT2D eigenvalue weighted by molar-refractivity contribution is -0.116. The molecule has 0 fully saturated rings. The third kappa shape index (κ3) is 7.11. The highest BCUT2D eigenvalue weighted by Crippen LogP contribution is 2.16. The first-order valence-corrected chi connectivity index (χ1v) is 7.64. The van der Waals surface area contributed by atoms with Crippen molar-refractivity contribution >= 4 is 11.6 Å². The second kappa shape index (κ2) is 10.2. The molecule has 0 aliphatic heterocycles. The van der Waals surface area contributed by atoms with Crippen molar-refractivity contribution in [3.05, 3.63) is 24.3 Å². The van der Waals surface area contributed by atoms with Crippen molar-refractivity contribution in [1.82, 2.24) is 4.90 Å². The highest BCUT2D eigenvalue weighted by Gasteiger charge is 2.03. The second-order valence-electron chi connectivity index (χ2n) is 4.84. The maximum atomic E-state index is 11.6. The molecule has 0 saturated carbocycles. The van der Waals surface area contributed by atoms with E-state index in [4.69, 9.17) is 10.5 Å². The zero-order valence-electron chi connectivity index (χ0n) is 13.1. The van der Waals surface area contributed by atoms with Crippen LogP contribution in [0.1, 0.15) is 26.7 Å². The lowest BCUT2D eigenvalue weighted by Gasteiger charge is -2.18. The van der Waals surface area contributed by atoms with Gasteiger partial charge in [-0.05, 0) is 50.3 Å². The van der Waals surface area contributed by atoms with Crippen LogP contribution < -0.4 is 15.8 Å². The molecule has 0 aliphatic rings. The van der Waals surface area contributed by atoms with E-state index < -0.39 is 0 Å². The van der Waals surface area contributed by atoms with Crippen LogP contribution in [0.5, 0.6) is 5.75 Å². The first kappa shape index (κ1) is 17.5. The molecule has 0 heterocycles. The van der Waals surface area contributed by atoms with Gasteiger partial charge >= 0.3 is 0 Å². The van der Waals surface area contributed by atoms with E-state index in [-0.39, 0.29) is 5.91 Å². The van der Waals surface area contributed by atoms with Gasteiger partial charge in [0.1, 0.15) is 12.4 Å². The molecule has 0 unspecified atom stereocenters. The number of nitrogens with one attached hydrogen (secondary N) is 1. The van der Waals surface area contributed by atoms with Gasteiger partial charge in [0.15, 0.2) is 0 Å². The van der Waals surface area contributed by atoms with Gasteiger partial charge in [-0.15, -0.1) is 0 Å². The number of carbonyl (C=O) groups is 1. The average Bonchev–Trinajstić information content (AvgIpc) is 2.51. The molecule has 0 spiro atoms. The van der Waals surface area contributed by atoms with Crippen molar-refractivity contribution in [3.63, 3.8) is 0 Å². The fourth-order valence-corrected chi connectivity index (χ4v) is 1.95. The average molecular weight is 293 g/mol. The summed E-state index contributed by atoms with van der Waals surface area (Å²) < 4.78 is 5.69. The van der Waals surface area contributed by atoms with Gasteiger partial charge in [0.25, 0.3) is 0 Å². The number of anilines is 1. The van der Waals surface area contributed by atoms with E-state index in [1.165, 1.54) is 0 Å². The summed E-state index contributed by atoms with van der Waals surface area (Å²) in [4.78, 5) is 13.9. The minimum atomic E-state index is -0.00403. The molecule has 0 bridgehead atoms. The predicted octanol–water partition coefficient (Wildman–Crippen LogP) is 2.08. The number of rotatable bonds is 10. The Morgan fingerprint density at radius 2 is 1.90 bits per heavy atom. The molecule has 5 heteroatoms. The van der Waals surface area contributed by atoms with Crippen LogP contribution in [0.15, 0.2) is 24.3 Å². The third-order valence-corrected chi connectivity index (χ3v) is 3.32. The van der Waals surface area contributed by atoms with E-state index in [0.29, 0.717) is 26.0 Å². The molecule has 0 radical (unpaired) electrons. The molecular weight excluding hydrogens is 266 g/mol. The number of nitrogens with two attached hydrogens (primary N) is 1. The summed E-state index contributed by atoms with van der Waals surface area (Å²) in [6.45, 7) is 8.49. The van der Waals surface area contributed by atoms with Crippen LogP contribution in [0.3, 0.4) is 0 Å². The Kier molecular flexibility index (Phi) is 8.47. The number of likely N-dealkylation sites (N-methyl/N-ethyl adjacent to an activating group) is 1. The molecule has 0 saturated heterocycles. The lowest BCUT2D eigenvalue weighted by Crippen LogP contribution is -2.27. The highest BCUT2D eigenvalue weighted by molar-refractivity contribution is 5.90. The molecule has 3 N–H and O–H groups in total. The number of nitrogens with zero attached hydrogens (tertiary/aromatic N) is 1. The summed E-state index contributed by atoms with van der Waals surface area (Å²) in [6, 6.07) is 7.46. The minimum Gasteiger partial charge on any atom is -0.492 e. The molecule has 1 rings (SSSR count). The van der Waals surface area contributed by atoms with Gasteiger partial charge in [-0.2, -0.15) is 0 Å². The van der Waals surface area contributed by atoms with Gasteiger partial charge in [-0.1, -0.05) is 13.8 Å². The maximum absolute atomic E-state index is 11.6. The summed E-state index contributed by atoms with van der Waals surface area (Å²) in [5.41, 5.74) is 6.16. The van der Waals surface area contributed by atoms with Gasteiger partial charge in [0.05, 0.1) is 0 Å². The Bertz CT molecular complexity index is 402. The van der Waals surface area contributed by atoms with Gasteiger partial charge in [-0.3, -0.25) is 4.79 Å². The van der Waals surface area contributed by atoms with Gasteiger partial charge in [0.2, 0.25) is 5.91 Å². The fraction of sp³-hybridized carbons (Fsp3) is 0.562. The molecule has 1 aromatic carbocycles. The van der Waals surface area contributed by atoms with Crippen LogP contribution in [-0.2, 0) is 4.79 Å². The SMILES string of the molecule is CCN(CC)CCOc1ccc(NC(=O)CCCN)cc1. The zero-order valence-corrected chi connectivity index (χ0v) is 13.1. The second-order valence-corrected chi connectivity index (χ2v) is 4.84. The van der Waals surface area contributed by atoms with Crippen LogP contribution in [0.4, 0.5) is 5.69 Å². The van der Waals surface area contributed by atoms with Crippen LogP contribution >= 0.6 is 0 Å². The molecular formula is C16H27N3O2. The molecule has 21 heavy (non-hydrogen) atoms. The normalized spacial score (nSPS) is 10.7. The Hall–Kier alpha value is -1.59. The zero-order chi connectivity index (χ0) is 15.5. The van der Waals surface area contributed by atoms with E-state index in [1.54, 1.807) is 0 Å². The molecule has 1 amide bonds. The largest absolute Gasteiger partial charge is 0.492 e. The van der Waals surface area contributed by atoms with Gasteiger partial charge in [-0.25, -0.2) is 0 Å². The van der Waals surface area contributed by atoms with E-state index in [9.17, 15) is 4.79 Å². The van der Waals surface area contributed by atoms with Crippen LogP contribution in [0.2, 0.25) is 0 Å².